The number of carbonyl (C=O) groups is 2. The predicted molar refractivity (Wildman–Crippen MR) is 38.0 cm³/mol. The summed E-state index contributed by atoms with van der Waals surface area (Å²) >= 11 is 0. The first-order valence-corrected chi connectivity index (χ1v) is 3.02. The van der Waals surface area contributed by atoms with Crippen molar-refractivity contribution >= 4 is 11.9 Å². The molecule has 0 aliphatic carbocycles. The van der Waals surface area contributed by atoms with E-state index in [9.17, 15) is 9.59 Å². The standard InChI is InChI=1S/C8H4O4/c9-7(10)5-3-1-2-4-6(5)8(11)12/h1,3H,(H,9,10)(H,11,12). The third-order valence-electron chi connectivity index (χ3n) is 1.24. The van der Waals surface area contributed by atoms with Gasteiger partial charge in [0, 0.05) is 0 Å². The first kappa shape index (κ1) is 8.08. The van der Waals surface area contributed by atoms with Crippen molar-refractivity contribution in [1.29, 1.82) is 0 Å². The van der Waals surface area contributed by atoms with Gasteiger partial charge in [-0.1, -0.05) is 12.1 Å². The van der Waals surface area contributed by atoms with Crippen LogP contribution in [0.2, 0.25) is 0 Å². The van der Waals surface area contributed by atoms with E-state index in [0.29, 0.717) is 0 Å². The molecule has 0 saturated carbocycles. The molecule has 1 rings (SSSR count). The molecule has 0 amide bonds. The summed E-state index contributed by atoms with van der Waals surface area (Å²) in [5, 5.41) is 17.0. The van der Waals surface area contributed by atoms with Crippen LogP contribution < -0.4 is 0 Å². The Morgan fingerprint density at radius 2 is 1.92 bits per heavy atom. The quantitative estimate of drug-likeness (QED) is 0.674. The van der Waals surface area contributed by atoms with Crippen molar-refractivity contribution in [3.05, 3.63) is 35.4 Å². The Morgan fingerprint density at radius 1 is 1.25 bits per heavy atom. The molecular weight excluding hydrogens is 160 g/mol. The summed E-state index contributed by atoms with van der Waals surface area (Å²) in [6.07, 6.45) is 0. The van der Waals surface area contributed by atoms with E-state index in [1.165, 1.54) is 12.1 Å². The zero-order valence-electron chi connectivity index (χ0n) is 5.87. The zero-order chi connectivity index (χ0) is 9.14. The summed E-state index contributed by atoms with van der Waals surface area (Å²) in [5.41, 5.74) is -0.647. The van der Waals surface area contributed by atoms with Crippen molar-refractivity contribution in [3.63, 3.8) is 0 Å². The molecular formula is C8H4O4. The molecule has 0 heterocycles. The van der Waals surface area contributed by atoms with Crippen LogP contribution in [0.25, 0.3) is 0 Å². The van der Waals surface area contributed by atoms with Gasteiger partial charge in [0.05, 0.1) is 5.56 Å². The minimum absolute atomic E-state index is 0.277. The van der Waals surface area contributed by atoms with Crippen LogP contribution in [-0.4, -0.2) is 22.2 Å². The van der Waals surface area contributed by atoms with Crippen LogP contribution in [0.15, 0.2) is 12.1 Å². The second kappa shape index (κ2) is 2.93. The number of carboxylic acid groups (broad SMARTS) is 2. The van der Waals surface area contributed by atoms with Crippen LogP contribution >= 0.6 is 0 Å². The lowest BCUT2D eigenvalue weighted by molar-refractivity contribution is 0.0651. The molecule has 1 aromatic rings. The molecule has 0 bridgehead atoms. The van der Waals surface area contributed by atoms with E-state index in [0.717, 1.165) is 0 Å². The molecule has 0 atom stereocenters. The molecule has 0 saturated heterocycles. The predicted octanol–water partition coefficient (Wildman–Crippen LogP) is 0.683. The summed E-state index contributed by atoms with van der Waals surface area (Å²) in [6.45, 7) is 0. The van der Waals surface area contributed by atoms with Crippen LogP contribution in [0, 0.1) is 12.1 Å². The first-order chi connectivity index (χ1) is 5.63. The summed E-state index contributed by atoms with van der Waals surface area (Å²) < 4.78 is 0. The fourth-order valence-electron chi connectivity index (χ4n) is 0.736. The highest BCUT2D eigenvalue weighted by molar-refractivity contribution is 6.00. The second-order valence-corrected chi connectivity index (χ2v) is 2.00. The van der Waals surface area contributed by atoms with Crippen molar-refractivity contribution in [2.45, 2.75) is 0 Å². The molecule has 4 nitrogen and oxygen atoms in total. The molecule has 1 aromatic carbocycles. The van der Waals surface area contributed by atoms with E-state index < -0.39 is 11.9 Å². The van der Waals surface area contributed by atoms with Crippen LogP contribution in [0.4, 0.5) is 0 Å². The van der Waals surface area contributed by atoms with Crippen molar-refractivity contribution in [2.24, 2.45) is 0 Å². The Balaban J connectivity index is 3.27. The van der Waals surface area contributed by atoms with Crippen LogP contribution in [0.5, 0.6) is 0 Å². The van der Waals surface area contributed by atoms with Crippen LogP contribution in [0.3, 0.4) is 0 Å². The average Bonchev–Trinajstić information content (AvgIpc) is 2.04. The van der Waals surface area contributed by atoms with Crippen molar-refractivity contribution in [2.75, 3.05) is 0 Å². The summed E-state index contributed by atoms with van der Waals surface area (Å²) in [5.74, 6) is -2.60. The minimum atomic E-state index is -1.32. The fraction of sp³-hybridized carbons (Fsp3) is 0. The second-order valence-electron chi connectivity index (χ2n) is 2.00. The Morgan fingerprint density at radius 3 is 2.33 bits per heavy atom. The number of hydrogen-bond donors (Lipinski definition) is 2. The van der Waals surface area contributed by atoms with E-state index >= 15 is 0 Å². The average molecular weight is 164 g/mol. The number of hydrogen-bond acceptors (Lipinski definition) is 2. The van der Waals surface area contributed by atoms with E-state index in [1.54, 1.807) is 0 Å². The van der Waals surface area contributed by atoms with E-state index in [-0.39, 0.29) is 11.1 Å². The Kier molecular flexibility index (Phi) is 1.97. The number of rotatable bonds is 2. The maximum absolute atomic E-state index is 10.4. The van der Waals surface area contributed by atoms with Gasteiger partial charge in [-0.05, 0) is 12.1 Å². The molecule has 0 unspecified atom stereocenters. The highest BCUT2D eigenvalue weighted by atomic mass is 16.4. The van der Waals surface area contributed by atoms with Gasteiger partial charge in [0.25, 0.3) is 0 Å². The molecule has 0 spiro atoms. The van der Waals surface area contributed by atoms with Crippen molar-refractivity contribution in [3.8, 4) is 0 Å². The molecule has 4 heteroatoms. The highest BCUT2D eigenvalue weighted by Gasteiger charge is 2.13. The lowest BCUT2D eigenvalue weighted by atomic mass is 10.1. The lowest BCUT2D eigenvalue weighted by Gasteiger charge is -1.94. The molecule has 0 aliphatic rings. The highest BCUT2D eigenvalue weighted by Crippen LogP contribution is 2.04. The first-order valence-electron chi connectivity index (χ1n) is 3.02. The van der Waals surface area contributed by atoms with Gasteiger partial charge in [0.1, 0.15) is 5.56 Å². The summed E-state index contributed by atoms with van der Waals surface area (Å²) in [7, 11) is 0. The van der Waals surface area contributed by atoms with Gasteiger partial charge in [-0.3, -0.25) is 0 Å². The van der Waals surface area contributed by atoms with Gasteiger partial charge < -0.3 is 10.2 Å². The summed E-state index contributed by atoms with van der Waals surface area (Å²) in [4.78, 5) is 20.8. The van der Waals surface area contributed by atoms with Crippen LogP contribution in [0.1, 0.15) is 20.7 Å². The normalized spacial score (nSPS) is 8.67. The van der Waals surface area contributed by atoms with Crippen molar-refractivity contribution in [1.82, 2.24) is 0 Å². The van der Waals surface area contributed by atoms with Gasteiger partial charge in [0.15, 0.2) is 0 Å². The van der Waals surface area contributed by atoms with E-state index in [2.05, 4.69) is 12.1 Å². The lowest BCUT2D eigenvalue weighted by Crippen LogP contribution is -2.06. The fourth-order valence-corrected chi connectivity index (χ4v) is 0.736. The molecule has 60 valence electrons. The van der Waals surface area contributed by atoms with Gasteiger partial charge in [-0.2, -0.15) is 0 Å². The zero-order valence-corrected chi connectivity index (χ0v) is 5.87. The Hall–Kier alpha value is -2.02. The maximum Gasteiger partial charge on any atom is 0.345 e. The van der Waals surface area contributed by atoms with E-state index in [1.807, 2.05) is 0 Å². The van der Waals surface area contributed by atoms with Gasteiger partial charge >= 0.3 is 11.9 Å². The van der Waals surface area contributed by atoms with Crippen molar-refractivity contribution < 1.29 is 19.8 Å². The van der Waals surface area contributed by atoms with Gasteiger partial charge in [0.2, 0.25) is 0 Å². The molecule has 12 heavy (non-hydrogen) atoms. The largest absolute Gasteiger partial charge is 0.478 e. The Bertz CT molecular complexity index is 297. The summed E-state index contributed by atoms with van der Waals surface area (Å²) in [6, 6.07) is 7.05. The monoisotopic (exact) mass is 164 g/mol. The molecule has 0 fully saturated rings. The Labute approximate surface area is 68.1 Å². The van der Waals surface area contributed by atoms with Crippen LogP contribution in [-0.2, 0) is 0 Å². The molecule has 0 aliphatic heterocycles. The maximum atomic E-state index is 10.4. The third kappa shape index (κ3) is 1.35. The van der Waals surface area contributed by atoms with Gasteiger partial charge in [-0.15, -0.1) is 0 Å². The van der Waals surface area contributed by atoms with Gasteiger partial charge in [-0.25, -0.2) is 9.59 Å². The SMILES string of the molecule is O=C(O)c1c#cccc1C(=O)O. The third-order valence-corrected chi connectivity index (χ3v) is 1.24. The van der Waals surface area contributed by atoms with E-state index in [4.69, 9.17) is 10.2 Å². The number of aromatic carboxylic acids is 2. The number of carboxylic acids is 2. The smallest absolute Gasteiger partial charge is 0.345 e. The molecule has 2 N–H and O–H groups in total. The molecule has 0 aromatic heterocycles. The minimum Gasteiger partial charge on any atom is -0.478 e. The topological polar surface area (TPSA) is 74.6 Å². The molecule has 0 radical (unpaired) electrons.